The fourth-order valence-electron chi connectivity index (χ4n) is 5.90. The molecule has 23 heavy (non-hydrogen) atoms. The molecule has 4 rings (SSSR count). The van der Waals surface area contributed by atoms with Crippen LogP contribution < -0.4 is 0 Å². The molecule has 3 aliphatic rings. The first-order chi connectivity index (χ1) is 10.9. The molecule has 3 aliphatic carbocycles. The number of aliphatic hydroxyl groups is 1. The van der Waals surface area contributed by atoms with E-state index in [1.54, 1.807) is 0 Å². The van der Waals surface area contributed by atoms with Crippen molar-refractivity contribution in [2.45, 2.75) is 57.0 Å². The van der Waals surface area contributed by atoms with Crippen molar-refractivity contribution in [3.05, 3.63) is 27.7 Å². The predicted molar refractivity (Wildman–Crippen MR) is 94.2 cm³/mol. The molecule has 1 aromatic rings. The lowest BCUT2D eigenvalue weighted by Crippen LogP contribution is -2.50. The van der Waals surface area contributed by atoms with Gasteiger partial charge in [0.15, 0.2) is 0 Å². The zero-order valence-corrected chi connectivity index (χ0v) is 15.1. The number of benzene rings is 1. The Labute approximate surface area is 146 Å². The van der Waals surface area contributed by atoms with Crippen molar-refractivity contribution in [1.82, 2.24) is 0 Å². The zero-order valence-electron chi connectivity index (χ0n) is 13.5. The van der Waals surface area contributed by atoms with Crippen LogP contribution in [0.5, 0.6) is 5.75 Å². The molecule has 122 valence electrons. The van der Waals surface area contributed by atoms with Gasteiger partial charge in [0, 0.05) is 9.89 Å². The highest BCUT2D eigenvalue weighted by atomic mass is 79.9. The number of terminal acetylenes is 1. The van der Waals surface area contributed by atoms with Gasteiger partial charge in [-0.25, -0.2) is 0 Å². The van der Waals surface area contributed by atoms with Crippen LogP contribution in [0.4, 0.5) is 0 Å². The number of hydrogen-bond acceptors (Lipinski definition) is 2. The Morgan fingerprint density at radius 3 is 2.78 bits per heavy atom. The summed E-state index contributed by atoms with van der Waals surface area (Å²) in [4.78, 5) is 0. The van der Waals surface area contributed by atoms with Gasteiger partial charge in [0.2, 0.25) is 0 Å². The molecule has 5 atom stereocenters. The van der Waals surface area contributed by atoms with Gasteiger partial charge >= 0.3 is 0 Å². The average Bonchev–Trinajstić information content (AvgIpc) is 2.79. The molecule has 2 fully saturated rings. The molecule has 0 amide bonds. The summed E-state index contributed by atoms with van der Waals surface area (Å²) in [5.41, 5.74) is 1.59. The molecule has 2 N–H and O–H groups in total. The summed E-state index contributed by atoms with van der Waals surface area (Å²) in [6.07, 6.45) is 11.7. The largest absolute Gasteiger partial charge is 0.508 e. The maximum absolute atomic E-state index is 11.0. The topological polar surface area (TPSA) is 40.5 Å². The molecule has 0 bridgehead atoms. The Hall–Kier alpha value is -0.980. The minimum atomic E-state index is -0.935. The first-order valence-electron chi connectivity index (χ1n) is 8.61. The Balaban J connectivity index is 1.75. The van der Waals surface area contributed by atoms with Gasteiger partial charge < -0.3 is 10.2 Å². The SMILES string of the molecule is C#CC1(O)CC[C@H]2[C@@H]3CCc4cc(O)cc(Br)c4[C@H]3CC[C@@]21C. The Kier molecular flexibility index (Phi) is 3.38. The van der Waals surface area contributed by atoms with E-state index in [1.165, 1.54) is 11.1 Å². The third-order valence-electron chi connectivity index (χ3n) is 7.15. The summed E-state index contributed by atoms with van der Waals surface area (Å²) in [5.74, 6) is 4.68. The van der Waals surface area contributed by atoms with E-state index < -0.39 is 5.60 Å². The molecule has 0 heterocycles. The van der Waals surface area contributed by atoms with Crippen molar-refractivity contribution < 1.29 is 10.2 Å². The van der Waals surface area contributed by atoms with E-state index in [9.17, 15) is 10.2 Å². The quantitative estimate of drug-likeness (QED) is 0.661. The Morgan fingerprint density at radius 1 is 1.26 bits per heavy atom. The number of aromatic hydroxyl groups is 1. The molecule has 2 saturated carbocycles. The molecule has 0 spiro atoms. The third-order valence-corrected chi connectivity index (χ3v) is 7.80. The van der Waals surface area contributed by atoms with Gasteiger partial charge in [0.05, 0.1) is 0 Å². The van der Waals surface area contributed by atoms with E-state index in [0.717, 1.165) is 43.0 Å². The molecular formula is C20H23BrO2. The fraction of sp³-hybridized carbons (Fsp3) is 0.600. The number of phenolic OH excluding ortho intramolecular Hbond substituents is 1. The lowest BCUT2D eigenvalue weighted by molar-refractivity contribution is -0.0647. The molecule has 3 heteroatoms. The van der Waals surface area contributed by atoms with Gasteiger partial charge in [-0.1, -0.05) is 28.8 Å². The molecule has 0 radical (unpaired) electrons. The van der Waals surface area contributed by atoms with Gasteiger partial charge in [-0.15, -0.1) is 6.42 Å². The fourth-order valence-corrected chi connectivity index (χ4v) is 6.69. The molecule has 1 aromatic carbocycles. The highest BCUT2D eigenvalue weighted by molar-refractivity contribution is 9.10. The number of phenols is 1. The second-order valence-electron chi connectivity index (χ2n) is 7.92. The van der Waals surface area contributed by atoms with E-state index >= 15 is 0 Å². The predicted octanol–water partition coefficient (Wildman–Crippen LogP) is 4.38. The monoisotopic (exact) mass is 374 g/mol. The van der Waals surface area contributed by atoms with Crippen molar-refractivity contribution in [1.29, 1.82) is 0 Å². The minimum Gasteiger partial charge on any atom is -0.508 e. The highest BCUT2D eigenvalue weighted by Gasteiger charge is 2.61. The van der Waals surface area contributed by atoms with Crippen LogP contribution in [-0.2, 0) is 6.42 Å². The summed E-state index contributed by atoms with van der Waals surface area (Å²) in [7, 11) is 0. The van der Waals surface area contributed by atoms with E-state index in [-0.39, 0.29) is 5.41 Å². The maximum atomic E-state index is 11.0. The lowest BCUT2D eigenvalue weighted by atomic mass is 9.53. The van der Waals surface area contributed by atoms with Crippen molar-refractivity contribution >= 4 is 15.9 Å². The third kappa shape index (κ3) is 1.98. The van der Waals surface area contributed by atoms with Crippen LogP contribution >= 0.6 is 15.9 Å². The standard InChI is InChI=1S/C20H23BrO2/c1-3-20(23)9-7-16-14-5-4-12-10-13(22)11-17(21)18(12)15(14)6-8-19(16,20)2/h1,10-11,14-16,22-23H,4-9H2,2H3/t14-,15+,16+,19+,20?/m1/s1. The van der Waals surface area contributed by atoms with Crippen molar-refractivity contribution in [2.24, 2.45) is 17.3 Å². The minimum absolute atomic E-state index is 0.149. The van der Waals surface area contributed by atoms with Crippen LogP contribution in [0.25, 0.3) is 0 Å². The number of hydrogen-bond donors (Lipinski definition) is 2. The molecule has 1 unspecified atom stereocenters. The van der Waals surface area contributed by atoms with Crippen molar-refractivity contribution in [3.8, 4) is 18.1 Å². The normalized spacial score (nSPS) is 41.6. The smallest absolute Gasteiger partial charge is 0.130 e. The Morgan fingerprint density at radius 2 is 2.04 bits per heavy atom. The van der Waals surface area contributed by atoms with Gasteiger partial charge in [-0.05, 0) is 79.5 Å². The van der Waals surface area contributed by atoms with Crippen molar-refractivity contribution in [2.75, 3.05) is 0 Å². The van der Waals surface area contributed by atoms with E-state index in [1.807, 2.05) is 12.1 Å². The van der Waals surface area contributed by atoms with E-state index in [0.29, 0.717) is 23.5 Å². The first-order valence-corrected chi connectivity index (χ1v) is 9.40. The average molecular weight is 375 g/mol. The summed E-state index contributed by atoms with van der Waals surface area (Å²) in [5, 5.41) is 20.8. The van der Waals surface area contributed by atoms with Crippen LogP contribution in [0.15, 0.2) is 16.6 Å². The Bertz CT molecular complexity index is 706. The number of halogens is 1. The van der Waals surface area contributed by atoms with Gasteiger partial charge in [0.25, 0.3) is 0 Å². The van der Waals surface area contributed by atoms with Crippen LogP contribution in [0.3, 0.4) is 0 Å². The number of rotatable bonds is 0. The van der Waals surface area contributed by atoms with Crippen LogP contribution in [-0.4, -0.2) is 15.8 Å². The molecule has 2 nitrogen and oxygen atoms in total. The van der Waals surface area contributed by atoms with Gasteiger partial charge in [0.1, 0.15) is 11.4 Å². The second kappa shape index (κ2) is 5.01. The summed E-state index contributed by atoms with van der Waals surface area (Å²) >= 11 is 3.68. The van der Waals surface area contributed by atoms with Crippen LogP contribution in [0, 0.1) is 29.6 Å². The number of aryl methyl sites for hydroxylation is 1. The second-order valence-corrected chi connectivity index (χ2v) is 8.77. The number of fused-ring (bicyclic) bond motifs is 5. The first kappa shape index (κ1) is 15.5. The van der Waals surface area contributed by atoms with Crippen LogP contribution in [0.1, 0.15) is 56.1 Å². The molecule has 0 aliphatic heterocycles. The van der Waals surface area contributed by atoms with E-state index in [4.69, 9.17) is 6.42 Å². The molecule has 0 aromatic heterocycles. The van der Waals surface area contributed by atoms with E-state index in [2.05, 4.69) is 28.8 Å². The van der Waals surface area contributed by atoms with Crippen molar-refractivity contribution in [3.63, 3.8) is 0 Å². The summed E-state index contributed by atoms with van der Waals surface area (Å²) in [6, 6.07) is 3.75. The molecule has 0 saturated heterocycles. The summed E-state index contributed by atoms with van der Waals surface area (Å²) in [6.45, 7) is 2.21. The maximum Gasteiger partial charge on any atom is 0.130 e. The van der Waals surface area contributed by atoms with Gasteiger partial charge in [-0.2, -0.15) is 0 Å². The zero-order chi connectivity index (χ0) is 16.4. The summed E-state index contributed by atoms with van der Waals surface area (Å²) < 4.78 is 1.04. The highest BCUT2D eigenvalue weighted by Crippen LogP contribution is 2.64. The lowest BCUT2D eigenvalue weighted by Gasteiger charge is -2.52. The van der Waals surface area contributed by atoms with Crippen LogP contribution in [0.2, 0.25) is 0 Å². The van der Waals surface area contributed by atoms with Gasteiger partial charge in [-0.3, -0.25) is 0 Å². The molecular weight excluding hydrogens is 352 g/mol.